The monoisotopic (exact) mass is 296 g/mol. The van der Waals surface area contributed by atoms with Crippen molar-refractivity contribution in [3.63, 3.8) is 0 Å². The predicted molar refractivity (Wildman–Crippen MR) is 75.7 cm³/mol. The number of benzene rings is 1. The van der Waals surface area contributed by atoms with Gasteiger partial charge in [-0.2, -0.15) is 13.2 Å². The highest BCUT2D eigenvalue weighted by Crippen LogP contribution is 2.30. The quantitative estimate of drug-likeness (QED) is 0.896. The number of halogens is 3. The first-order valence-electron chi connectivity index (χ1n) is 6.41. The fraction of sp³-hybridized carbons (Fsp3) is 0.286. The number of nitrogens with zero attached hydrogens (tertiary/aromatic N) is 2. The van der Waals surface area contributed by atoms with E-state index in [4.69, 9.17) is 0 Å². The minimum atomic E-state index is -4.33. The zero-order valence-electron chi connectivity index (χ0n) is 11.6. The molecule has 2 rings (SSSR count). The van der Waals surface area contributed by atoms with E-state index in [1.165, 1.54) is 18.5 Å². The van der Waals surface area contributed by atoms with E-state index in [2.05, 4.69) is 20.6 Å². The Morgan fingerprint density at radius 3 is 2.24 bits per heavy atom. The number of rotatable bonds is 4. The second-order valence-electron chi connectivity index (χ2n) is 4.43. The summed E-state index contributed by atoms with van der Waals surface area (Å²) in [7, 11) is 0. The van der Waals surface area contributed by atoms with Crippen molar-refractivity contribution in [2.75, 3.05) is 17.2 Å². The molecule has 0 fully saturated rings. The van der Waals surface area contributed by atoms with Gasteiger partial charge in [-0.1, -0.05) is 0 Å². The normalized spacial score (nSPS) is 11.3. The molecule has 0 unspecified atom stereocenters. The van der Waals surface area contributed by atoms with Gasteiger partial charge in [-0.25, -0.2) is 9.97 Å². The van der Waals surface area contributed by atoms with Crippen LogP contribution in [0.15, 0.2) is 30.6 Å². The highest BCUT2D eigenvalue weighted by molar-refractivity contribution is 5.64. The van der Waals surface area contributed by atoms with Gasteiger partial charge in [-0.3, -0.25) is 0 Å². The standard InChI is InChI=1S/C14H15F3N4/c1-3-18-12-9(2)13(20-8-19-12)21-11-6-4-10(5-7-11)14(15,16)17/h4-8H,3H2,1-2H3,(H2,18,19,20,21). The molecule has 0 radical (unpaired) electrons. The summed E-state index contributed by atoms with van der Waals surface area (Å²) in [4.78, 5) is 8.21. The van der Waals surface area contributed by atoms with E-state index >= 15 is 0 Å². The van der Waals surface area contributed by atoms with Crippen molar-refractivity contribution in [1.82, 2.24) is 9.97 Å². The lowest BCUT2D eigenvalue weighted by Gasteiger charge is -2.12. The molecule has 2 N–H and O–H groups in total. The molecule has 0 spiro atoms. The van der Waals surface area contributed by atoms with Gasteiger partial charge in [-0.05, 0) is 38.1 Å². The summed E-state index contributed by atoms with van der Waals surface area (Å²) in [5, 5.41) is 6.08. The Bertz CT molecular complexity index is 609. The van der Waals surface area contributed by atoms with Crippen LogP contribution in [-0.4, -0.2) is 16.5 Å². The van der Waals surface area contributed by atoms with Crippen molar-refractivity contribution in [2.45, 2.75) is 20.0 Å². The summed E-state index contributed by atoms with van der Waals surface area (Å²) in [5.41, 5.74) is 0.660. The maximum absolute atomic E-state index is 12.5. The zero-order valence-corrected chi connectivity index (χ0v) is 11.6. The number of anilines is 3. The van der Waals surface area contributed by atoms with E-state index < -0.39 is 11.7 Å². The molecule has 112 valence electrons. The number of hydrogen-bond acceptors (Lipinski definition) is 4. The topological polar surface area (TPSA) is 49.8 Å². The van der Waals surface area contributed by atoms with Crippen LogP contribution in [-0.2, 0) is 6.18 Å². The molecule has 0 saturated heterocycles. The van der Waals surface area contributed by atoms with Gasteiger partial charge in [0.1, 0.15) is 18.0 Å². The zero-order chi connectivity index (χ0) is 15.5. The van der Waals surface area contributed by atoms with Crippen molar-refractivity contribution in [1.29, 1.82) is 0 Å². The summed E-state index contributed by atoms with van der Waals surface area (Å²) >= 11 is 0. The Hall–Kier alpha value is -2.31. The summed E-state index contributed by atoms with van der Waals surface area (Å²) in [6.45, 7) is 4.51. The van der Waals surface area contributed by atoms with Crippen LogP contribution in [0.25, 0.3) is 0 Å². The maximum Gasteiger partial charge on any atom is 0.416 e. The molecule has 0 atom stereocenters. The third-order valence-electron chi connectivity index (χ3n) is 2.90. The molecule has 0 aliphatic carbocycles. The van der Waals surface area contributed by atoms with Crippen LogP contribution in [0.2, 0.25) is 0 Å². The molecule has 0 aliphatic heterocycles. The molecule has 0 bridgehead atoms. The van der Waals surface area contributed by atoms with Crippen LogP contribution in [0.3, 0.4) is 0 Å². The second kappa shape index (κ2) is 5.99. The van der Waals surface area contributed by atoms with Crippen molar-refractivity contribution in [3.8, 4) is 0 Å². The van der Waals surface area contributed by atoms with Gasteiger partial charge in [0, 0.05) is 17.8 Å². The van der Waals surface area contributed by atoms with Crippen molar-refractivity contribution >= 4 is 17.3 Å². The Kier molecular flexibility index (Phi) is 4.30. The van der Waals surface area contributed by atoms with E-state index in [0.717, 1.165) is 24.2 Å². The fourth-order valence-corrected chi connectivity index (χ4v) is 1.80. The van der Waals surface area contributed by atoms with Crippen LogP contribution in [0.5, 0.6) is 0 Å². The highest BCUT2D eigenvalue weighted by Gasteiger charge is 2.29. The Balaban J connectivity index is 2.20. The van der Waals surface area contributed by atoms with Gasteiger partial charge in [0.05, 0.1) is 5.56 Å². The molecule has 7 heteroatoms. The Morgan fingerprint density at radius 1 is 1.05 bits per heavy atom. The second-order valence-corrected chi connectivity index (χ2v) is 4.43. The lowest BCUT2D eigenvalue weighted by atomic mass is 10.2. The number of alkyl halides is 3. The SMILES string of the molecule is CCNc1ncnc(Nc2ccc(C(F)(F)F)cc2)c1C. The van der Waals surface area contributed by atoms with E-state index in [0.29, 0.717) is 17.3 Å². The highest BCUT2D eigenvalue weighted by atomic mass is 19.4. The third-order valence-corrected chi connectivity index (χ3v) is 2.90. The number of aromatic nitrogens is 2. The van der Waals surface area contributed by atoms with E-state index in [-0.39, 0.29) is 0 Å². The molecule has 1 heterocycles. The van der Waals surface area contributed by atoms with Crippen LogP contribution in [0.1, 0.15) is 18.1 Å². The smallest absolute Gasteiger partial charge is 0.370 e. The molecule has 0 aliphatic rings. The van der Waals surface area contributed by atoms with Crippen LogP contribution >= 0.6 is 0 Å². The van der Waals surface area contributed by atoms with Gasteiger partial charge in [0.2, 0.25) is 0 Å². The number of nitrogens with one attached hydrogen (secondary N) is 2. The summed E-state index contributed by atoms with van der Waals surface area (Å²) in [5.74, 6) is 1.25. The first-order chi connectivity index (χ1) is 9.91. The van der Waals surface area contributed by atoms with Crippen molar-refractivity contribution in [2.24, 2.45) is 0 Å². The molecule has 4 nitrogen and oxygen atoms in total. The minimum absolute atomic E-state index is 0.534. The van der Waals surface area contributed by atoms with Gasteiger partial charge >= 0.3 is 6.18 Å². The van der Waals surface area contributed by atoms with E-state index in [9.17, 15) is 13.2 Å². The molecular formula is C14H15F3N4. The molecule has 1 aromatic carbocycles. The average Bonchev–Trinajstić information content (AvgIpc) is 2.43. The van der Waals surface area contributed by atoms with Gasteiger partial charge in [0.15, 0.2) is 0 Å². The Labute approximate surface area is 120 Å². The third kappa shape index (κ3) is 3.62. The van der Waals surface area contributed by atoms with Gasteiger partial charge < -0.3 is 10.6 Å². The first-order valence-corrected chi connectivity index (χ1v) is 6.41. The molecule has 2 aromatic rings. The van der Waals surface area contributed by atoms with Crippen molar-refractivity contribution < 1.29 is 13.2 Å². The maximum atomic E-state index is 12.5. The lowest BCUT2D eigenvalue weighted by Crippen LogP contribution is -2.06. The summed E-state index contributed by atoms with van der Waals surface area (Å²) in [6.07, 6.45) is -2.93. The largest absolute Gasteiger partial charge is 0.416 e. The fourth-order valence-electron chi connectivity index (χ4n) is 1.80. The lowest BCUT2D eigenvalue weighted by molar-refractivity contribution is -0.137. The van der Waals surface area contributed by atoms with Crippen LogP contribution < -0.4 is 10.6 Å². The van der Waals surface area contributed by atoms with Gasteiger partial charge in [0.25, 0.3) is 0 Å². The van der Waals surface area contributed by atoms with Crippen molar-refractivity contribution in [3.05, 3.63) is 41.7 Å². The first kappa shape index (κ1) is 15.1. The minimum Gasteiger partial charge on any atom is -0.370 e. The van der Waals surface area contributed by atoms with Crippen LogP contribution in [0, 0.1) is 6.92 Å². The molecule has 21 heavy (non-hydrogen) atoms. The van der Waals surface area contributed by atoms with Gasteiger partial charge in [-0.15, -0.1) is 0 Å². The van der Waals surface area contributed by atoms with Crippen LogP contribution in [0.4, 0.5) is 30.5 Å². The average molecular weight is 296 g/mol. The molecular weight excluding hydrogens is 281 g/mol. The van der Waals surface area contributed by atoms with E-state index in [1.807, 2.05) is 13.8 Å². The summed E-state index contributed by atoms with van der Waals surface area (Å²) in [6, 6.07) is 4.81. The molecule has 0 amide bonds. The molecule has 1 aromatic heterocycles. The van der Waals surface area contributed by atoms with E-state index in [1.54, 1.807) is 0 Å². The Morgan fingerprint density at radius 2 is 1.67 bits per heavy atom. The summed E-state index contributed by atoms with van der Waals surface area (Å²) < 4.78 is 37.5. The molecule has 0 saturated carbocycles. The number of hydrogen-bond donors (Lipinski definition) is 2. The predicted octanol–water partition coefficient (Wildman–Crippen LogP) is 3.98.